The fourth-order valence-corrected chi connectivity index (χ4v) is 2.94. The van der Waals surface area contributed by atoms with Gasteiger partial charge in [-0.1, -0.05) is 36.4 Å². The number of rotatable bonds is 6. The van der Waals surface area contributed by atoms with Gasteiger partial charge in [-0.3, -0.25) is 4.68 Å². The summed E-state index contributed by atoms with van der Waals surface area (Å²) in [6.07, 6.45) is -0.868. The number of carbonyl (C=O) groups excluding carboxylic acids is 1. The molecule has 1 heterocycles. The van der Waals surface area contributed by atoms with Crippen LogP contribution in [0.1, 0.15) is 35.2 Å². The van der Waals surface area contributed by atoms with E-state index in [0.717, 1.165) is 23.3 Å². The molecule has 0 saturated carbocycles. The van der Waals surface area contributed by atoms with E-state index in [2.05, 4.69) is 15.7 Å². The van der Waals surface area contributed by atoms with E-state index in [9.17, 15) is 18.0 Å². The molecule has 2 amide bonds. The molecule has 8 heteroatoms. The predicted molar refractivity (Wildman–Crippen MR) is 103 cm³/mol. The molecule has 0 radical (unpaired) electrons. The molecule has 1 atom stereocenters. The Morgan fingerprint density at radius 2 is 1.86 bits per heavy atom. The third-order valence-electron chi connectivity index (χ3n) is 4.51. The molecule has 3 aromatic rings. The van der Waals surface area contributed by atoms with E-state index < -0.39 is 23.8 Å². The number of hydrogen-bond acceptors (Lipinski definition) is 2. The first-order valence-electron chi connectivity index (χ1n) is 9.08. The zero-order valence-electron chi connectivity index (χ0n) is 15.8. The number of hydrogen-bond donors (Lipinski definition) is 2. The molecular weight excluding hydrogens is 381 g/mol. The van der Waals surface area contributed by atoms with Gasteiger partial charge in [0.25, 0.3) is 0 Å². The van der Waals surface area contributed by atoms with Crippen molar-refractivity contribution in [1.29, 1.82) is 0 Å². The lowest BCUT2D eigenvalue weighted by Gasteiger charge is -2.17. The van der Waals surface area contributed by atoms with Crippen molar-refractivity contribution < 1.29 is 18.0 Å². The van der Waals surface area contributed by atoms with Gasteiger partial charge in [0, 0.05) is 18.9 Å². The van der Waals surface area contributed by atoms with Crippen molar-refractivity contribution in [1.82, 2.24) is 20.4 Å². The summed E-state index contributed by atoms with van der Waals surface area (Å²) in [5, 5.41) is 9.62. The molecule has 5 nitrogen and oxygen atoms in total. The second-order valence-corrected chi connectivity index (χ2v) is 6.64. The standard InChI is InChI=1S/C21H21F3N4O/c1-15(16-8-4-9-19(12-16)21(22,23)24)27-20(29)25-13-17-6-2-3-7-18(17)14-28-11-5-10-26-28/h2-12,15H,13-14H2,1H3,(H2,25,27,29). The molecule has 152 valence electrons. The maximum atomic E-state index is 12.9. The minimum atomic E-state index is -4.42. The maximum Gasteiger partial charge on any atom is 0.416 e. The van der Waals surface area contributed by atoms with E-state index in [1.54, 1.807) is 23.9 Å². The van der Waals surface area contributed by atoms with Crippen LogP contribution in [0, 0.1) is 0 Å². The number of aromatic nitrogens is 2. The van der Waals surface area contributed by atoms with E-state index >= 15 is 0 Å². The van der Waals surface area contributed by atoms with Crippen LogP contribution in [-0.2, 0) is 19.3 Å². The van der Waals surface area contributed by atoms with Crippen molar-refractivity contribution in [2.75, 3.05) is 0 Å². The van der Waals surface area contributed by atoms with Crippen molar-refractivity contribution in [2.45, 2.75) is 32.2 Å². The largest absolute Gasteiger partial charge is 0.416 e. The van der Waals surface area contributed by atoms with Gasteiger partial charge in [0.2, 0.25) is 0 Å². The number of benzene rings is 2. The molecule has 0 fully saturated rings. The fraction of sp³-hybridized carbons (Fsp3) is 0.238. The Balaban J connectivity index is 1.59. The monoisotopic (exact) mass is 402 g/mol. The van der Waals surface area contributed by atoms with Gasteiger partial charge in [-0.15, -0.1) is 0 Å². The lowest BCUT2D eigenvalue weighted by atomic mass is 10.1. The summed E-state index contributed by atoms with van der Waals surface area (Å²) < 4.78 is 40.4. The Kier molecular flexibility index (Phi) is 6.21. The van der Waals surface area contributed by atoms with Gasteiger partial charge in [0.05, 0.1) is 18.2 Å². The first-order chi connectivity index (χ1) is 13.8. The van der Waals surface area contributed by atoms with E-state index in [4.69, 9.17) is 0 Å². The van der Waals surface area contributed by atoms with Crippen LogP contribution in [0.15, 0.2) is 67.0 Å². The third kappa shape index (κ3) is 5.60. The average molecular weight is 402 g/mol. The summed E-state index contributed by atoms with van der Waals surface area (Å²) >= 11 is 0. The lowest BCUT2D eigenvalue weighted by molar-refractivity contribution is -0.137. The van der Waals surface area contributed by atoms with Gasteiger partial charge in [0.1, 0.15) is 0 Å². The van der Waals surface area contributed by atoms with E-state index in [1.807, 2.05) is 36.5 Å². The highest BCUT2D eigenvalue weighted by Crippen LogP contribution is 2.30. The molecule has 0 aliphatic rings. The van der Waals surface area contributed by atoms with Crippen LogP contribution >= 0.6 is 0 Å². The highest BCUT2D eigenvalue weighted by Gasteiger charge is 2.30. The van der Waals surface area contributed by atoms with E-state index in [0.29, 0.717) is 18.7 Å². The van der Waals surface area contributed by atoms with Crippen LogP contribution in [0.2, 0.25) is 0 Å². The zero-order valence-corrected chi connectivity index (χ0v) is 15.8. The van der Waals surface area contributed by atoms with Gasteiger partial charge in [-0.25, -0.2) is 4.79 Å². The smallest absolute Gasteiger partial charge is 0.334 e. The van der Waals surface area contributed by atoms with Crippen LogP contribution in [-0.4, -0.2) is 15.8 Å². The molecule has 29 heavy (non-hydrogen) atoms. The highest BCUT2D eigenvalue weighted by molar-refractivity contribution is 5.74. The molecule has 0 bridgehead atoms. The molecule has 0 spiro atoms. The van der Waals surface area contributed by atoms with Crippen molar-refractivity contribution in [3.05, 3.63) is 89.2 Å². The quantitative estimate of drug-likeness (QED) is 0.637. The first kappa shape index (κ1) is 20.4. The minimum Gasteiger partial charge on any atom is -0.334 e. The molecule has 1 aromatic heterocycles. The third-order valence-corrected chi connectivity index (χ3v) is 4.51. The summed E-state index contributed by atoms with van der Waals surface area (Å²) in [6, 6.07) is 13.4. The van der Waals surface area contributed by atoms with E-state index in [1.165, 1.54) is 6.07 Å². The Hall–Kier alpha value is -3.29. The van der Waals surface area contributed by atoms with Gasteiger partial charge >= 0.3 is 12.2 Å². The first-order valence-corrected chi connectivity index (χ1v) is 9.08. The Morgan fingerprint density at radius 3 is 2.55 bits per heavy atom. The average Bonchev–Trinajstić information content (AvgIpc) is 3.20. The molecule has 1 unspecified atom stereocenters. The van der Waals surface area contributed by atoms with Gasteiger partial charge in [-0.05, 0) is 41.8 Å². The molecule has 2 N–H and O–H groups in total. The van der Waals surface area contributed by atoms with Gasteiger partial charge in [-0.2, -0.15) is 18.3 Å². The van der Waals surface area contributed by atoms with Crippen molar-refractivity contribution >= 4 is 6.03 Å². The highest BCUT2D eigenvalue weighted by atomic mass is 19.4. The zero-order chi connectivity index (χ0) is 20.9. The topological polar surface area (TPSA) is 59.0 Å². The summed E-state index contributed by atoms with van der Waals surface area (Å²) in [5.41, 5.74) is 1.60. The summed E-state index contributed by atoms with van der Waals surface area (Å²) in [6.45, 7) is 2.51. The Labute approximate surface area is 166 Å². The summed E-state index contributed by atoms with van der Waals surface area (Å²) in [4.78, 5) is 12.2. The molecule has 2 aromatic carbocycles. The SMILES string of the molecule is CC(NC(=O)NCc1ccccc1Cn1cccn1)c1cccc(C(F)(F)F)c1. The number of nitrogens with one attached hydrogen (secondary N) is 2. The number of nitrogens with zero attached hydrogens (tertiary/aromatic N) is 2. The van der Waals surface area contributed by atoms with Crippen LogP contribution < -0.4 is 10.6 Å². The minimum absolute atomic E-state index is 0.290. The van der Waals surface area contributed by atoms with Gasteiger partial charge in [0.15, 0.2) is 0 Å². The number of urea groups is 1. The molecular formula is C21H21F3N4O. The van der Waals surface area contributed by atoms with Crippen LogP contribution in [0.4, 0.5) is 18.0 Å². The van der Waals surface area contributed by atoms with Crippen LogP contribution in [0.3, 0.4) is 0 Å². The second kappa shape index (κ2) is 8.81. The molecule has 3 rings (SSSR count). The van der Waals surface area contributed by atoms with Crippen LogP contribution in [0.25, 0.3) is 0 Å². The summed E-state index contributed by atoms with van der Waals surface area (Å²) in [5.74, 6) is 0. The number of carbonyl (C=O) groups is 1. The predicted octanol–water partition coefficient (Wildman–Crippen LogP) is 4.51. The fourth-order valence-electron chi connectivity index (χ4n) is 2.94. The van der Waals surface area contributed by atoms with Crippen LogP contribution in [0.5, 0.6) is 0 Å². The number of alkyl halides is 3. The van der Waals surface area contributed by atoms with Crippen molar-refractivity contribution in [3.8, 4) is 0 Å². The lowest BCUT2D eigenvalue weighted by Crippen LogP contribution is -2.36. The van der Waals surface area contributed by atoms with E-state index in [-0.39, 0.29) is 0 Å². The Morgan fingerprint density at radius 1 is 1.10 bits per heavy atom. The molecule has 0 aliphatic heterocycles. The maximum absolute atomic E-state index is 12.9. The second-order valence-electron chi connectivity index (χ2n) is 6.64. The summed E-state index contributed by atoms with van der Waals surface area (Å²) in [7, 11) is 0. The molecule has 0 aliphatic carbocycles. The van der Waals surface area contributed by atoms with Gasteiger partial charge < -0.3 is 10.6 Å². The van der Waals surface area contributed by atoms with Crippen molar-refractivity contribution in [2.24, 2.45) is 0 Å². The number of amides is 2. The normalized spacial score (nSPS) is 12.4. The number of halogens is 3. The van der Waals surface area contributed by atoms with Crippen molar-refractivity contribution in [3.63, 3.8) is 0 Å². The molecule has 0 saturated heterocycles. The Bertz CT molecular complexity index is 955.